The molecule has 0 bridgehead atoms. The van der Waals surface area contributed by atoms with E-state index in [0.717, 1.165) is 25.7 Å². The molecule has 0 spiro atoms. The van der Waals surface area contributed by atoms with Crippen molar-refractivity contribution in [2.24, 2.45) is 5.92 Å². The average Bonchev–Trinajstić information content (AvgIpc) is 2.33. The molecule has 1 fully saturated rings. The van der Waals surface area contributed by atoms with Gasteiger partial charge in [-0.3, -0.25) is 4.79 Å². The summed E-state index contributed by atoms with van der Waals surface area (Å²) in [5, 5.41) is 0. The molecule has 0 unspecified atom stereocenters. The first-order valence-electron chi connectivity index (χ1n) is 6.78. The molecule has 16 heavy (non-hydrogen) atoms. The SMILES string of the molecule is [CH2]CCCCCC(=O)OCC1CCCCC1. The van der Waals surface area contributed by atoms with Crippen molar-refractivity contribution in [2.75, 3.05) is 6.61 Å². The van der Waals surface area contributed by atoms with Crippen LogP contribution in [0.1, 0.15) is 64.2 Å². The van der Waals surface area contributed by atoms with Gasteiger partial charge in [0, 0.05) is 6.42 Å². The molecule has 0 atom stereocenters. The molecule has 0 aliphatic heterocycles. The zero-order valence-electron chi connectivity index (χ0n) is 10.4. The van der Waals surface area contributed by atoms with Gasteiger partial charge in [0.25, 0.3) is 0 Å². The molecule has 2 nitrogen and oxygen atoms in total. The van der Waals surface area contributed by atoms with Crippen LogP contribution >= 0.6 is 0 Å². The highest BCUT2D eigenvalue weighted by atomic mass is 16.5. The van der Waals surface area contributed by atoms with E-state index in [1.807, 2.05) is 0 Å². The zero-order valence-corrected chi connectivity index (χ0v) is 10.4. The van der Waals surface area contributed by atoms with Gasteiger partial charge < -0.3 is 4.74 Å². The Labute approximate surface area is 99.8 Å². The molecule has 1 aliphatic rings. The van der Waals surface area contributed by atoms with Crippen LogP contribution in [0.15, 0.2) is 0 Å². The second-order valence-electron chi connectivity index (χ2n) is 4.85. The van der Waals surface area contributed by atoms with E-state index in [9.17, 15) is 4.79 Å². The summed E-state index contributed by atoms with van der Waals surface area (Å²) in [7, 11) is 0. The van der Waals surface area contributed by atoms with Crippen LogP contribution in [0.3, 0.4) is 0 Å². The Kier molecular flexibility index (Phi) is 7.28. The Morgan fingerprint density at radius 3 is 2.56 bits per heavy atom. The molecular weight excluding hydrogens is 200 g/mol. The van der Waals surface area contributed by atoms with Crippen LogP contribution in [0.2, 0.25) is 0 Å². The van der Waals surface area contributed by atoms with Gasteiger partial charge in [-0.1, -0.05) is 45.4 Å². The van der Waals surface area contributed by atoms with Gasteiger partial charge in [0.1, 0.15) is 0 Å². The Hall–Kier alpha value is -0.530. The number of rotatable bonds is 7. The van der Waals surface area contributed by atoms with Crippen LogP contribution in [-0.2, 0) is 9.53 Å². The van der Waals surface area contributed by atoms with Gasteiger partial charge >= 0.3 is 5.97 Å². The van der Waals surface area contributed by atoms with E-state index in [4.69, 9.17) is 4.74 Å². The maximum absolute atomic E-state index is 11.4. The lowest BCUT2D eigenvalue weighted by Crippen LogP contribution is -2.16. The highest BCUT2D eigenvalue weighted by molar-refractivity contribution is 5.69. The maximum Gasteiger partial charge on any atom is 0.305 e. The predicted octanol–water partition coefficient (Wildman–Crippen LogP) is 3.89. The van der Waals surface area contributed by atoms with Crippen LogP contribution in [0.25, 0.3) is 0 Å². The molecule has 2 heteroatoms. The molecule has 0 aromatic rings. The third-order valence-corrected chi connectivity index (χ3v) is 3.34. The van der Waals surface area contributed by atoms with Crippen molar-refractivity contribution in [3.05, 3.63) is 6.92 Å². The van der Waals surface area contributed by atoms with Gasteiger partial charge in [0.15, 0.2) is 0 Å². The summed E-state index contributed by atoms with van der Waals surface area (Å²) < 4.78 is 5.31. The van der Waals surface area contributed by atoms with Crippen LogP contribution in [0.5, 0.6) is 0 Å². The minimum Gasteiger partial charge on any atom is -0.465 e. The van der Waals surface area contributed by atoms with E-state index >= 15 is 0 Å². The molecule has 0 aromatic heterocycles. The first-order chi connectivity index (χ1) is 7.83. The lowest BCUT2D eigenvalue weighted by molar-refractivity contribution is -0.145. The van der Waals surface area contributed by atoms with Crippen LogP contribution < -0.4 is 0 Å². The minimum absolute atomic E-state index is 0.00497. The Morgan fingerprint density at radius 2 is 1.88 bits per heavy atom. The molecule has 93 valence electrons. The highest BCUT2D eigenvalue weighted by Gasteiger charge is 2.15. The summed E-state index contributed by atoms with van der Waals surface area (Å²) in [6.07, 6.45) is 11.2. The summed E-state index contributed by atoms with van der Waals surface area (Å²) >= 11 is 0. The minimum atomic E-state index is -0.00497. The summed E-state index contributed by atoms with van der Waals surface area (Å²) in [6, 6.07) is 0. The zero-order chi connectivity index (χ0) is 11.6. The lowest BCUT2D eigenvalue weighted by atomic mass is 9.90. The van der Waals surface area contributed by atoms with Crippen molar-refractivity contribution >= 4 is 5.97 Å². The van der Waals surface area contributed by atoms with Crippen molar-refractivity contribution in [1.82, 2.24) is 0 Å². The number of unbranched alkanes of at least 4 members (excludes halogenated alkanes) is 3. The van der Waals surface area contributed by atoms with E-state index in [2.05, 4.69) is 6.92 Å². The third-order valence-electron chi connectivity index (χ3n) is 3.34. The summed E-state index contributed by atoms with van der Waals surface area (Å²) in [6.45, 7) is 4.44. The standard InChI is InChI=1S/C14H25O2/c1-2-3-4-8-11-14(15)16-12-13-9-6-5-7-10-13/h13H,1-12H2. The van der Waals surface area contributed by atoms with Gasteiger partial charge in [-0.15, -0.1) is 0 Å². The Bertz CT molecular complexity index is 183. The fourth-order valence-electron chi connectivity index (χ4n) is 2.26. The summed E-state index contributed by atoms with van der Waals surface area (Å²) in [5.74, 6) is 0.632. The molecule has 1 radical (unpaired) electrons. The van der Waals surface area contributed by atoms with Gasteiger partial charge in [-0.25, -0.2) is 0 Å². The van der Waals surface area contributed by atoms with Crippen LogP contribution in [0, 0.1) is 12.8 Å². The fraction of sp³-hybridized carbons (Fsp3) is 0.857. The molecule has 0 saturated heterocycles. The van der Waals surface area contributed by atoms with Crippen LogP contribution in [-0.4, -0.2) is 12.6 Å². The van der Waals surface area contributed by atoms with Crippen molar-refractivity contribution in [3.8, 4) is 0 Å². The smallest absolute Gasteiger partial charge is 0.305 e. The number of carbonyl (C=O) groups excluding carboxylic acids is 1. The number of carbonyl (C=O) groups is 1. The normalized spacial score (nSPS) is 17.3. The molecule has 1 rings (SSSR count). The largest absolute Gasteiger partial charge is 0.465 e. The number of hydrogen-bond acceptors (Lipinski definition) is 2. The molecular formula is C14H25O2. The van der Waals surface area contributed by atoms with Gasteiger partial charge in [-0.2, -0.15) is 0 Å². The average molecular weight is 225 g/mol. The topological polar surface area (TPSA) is 26.3 Å². The Balaban J connectivity index is 1.96. The Morgan fingerprint density at radius 1 is 1.12 bits per heavy atom. The molecule has 0 amide bonds. The first kappa shape index (κ1) is 13.5. The predicted molar refractivity (Wildman–Crippen MR) is 66.0 cm³/mol. The molecule has 0 aromatic carbocycles. The second-order valence-corrected chi connectivity index (χ2v) is 4.85. The van der Waals surface area contributed by atoms with E-state index in [-0.39, 0.29) is 5.97 Å². The van der Waals surface area contributed by atoms with Gasteiger partial charge in [0.2, 0.25) is 0 Å². The molecule has 1 aliphatic carbocycles. The fourth-order valence-corrected chi connectivity index (χ4v) is 2.26. The quantitative estimate of drug-likeness (QED) is 0.485. The highest BCUT2D eigenvalue weighted by Crippen LogP contribution is 2.23. The monoisotopic (exact) mass is 225 g/mol. The van der Waals surface area contributed by atoms with Gasteiger partial charge in [-0.05, 0) is 25.2 Å². The molecule has 1 saturated carbocycles. The number of esters is 1. The van der Waals surface area contributed by atoms with E-state index < -0.39 is 0 Å². The third kappa shape index (κ3) is 6.14. The van der Waals surface area contributed by atoms with Crippen molar-refractivity contribution < 1.29 is 9.53 Å². The first-order valence-corrected chi connectivity index (χ1v) is 6.78. The maximum atomic E-state index is 11.4. The number of ether oxygens (including phenoxy) is 1. The van der Waals surface area contributed by atoms with Crippen molar-refractivity contribution in [1.29, 1.82) is 0 Å². The van der Waals surface area contributed by atoms with Gasteiger partial charge in [0.05, 0.1) is 6.61 Å². The number of hydrogen-bond donors (Lipinski definition) is 0. The van der Waals surface area contributed by atoms with Crippen molar-refractivity contribution in [3.63, 3.8) is 0 Å². The second kappa shape index (κ2) is 8.60. The van der Waals surface area contributed by atoms with E-state index in [1.54, 1.807) is 0 Å². The molecule has 0 N–H and O–H groups in total. The van der Waals surface area contributed by atoms with Crippen molar-refractivity contribution in [2.45, 2.75) is 64.2 Å². The lowest BCUT2D eigenvalue weighted by Gasteiger charge is -2.20. The van der Waals surface area contributed by atoms with E-state index in [1.165, 1.54) is 32.1 Å². The van der Waals surface area contributed by atoms with Crippen LogP contribution in [0.4, 0.5) is 0 Å². The molecule has 0 heterocycles. The summed E-state index contributed by atoms with van der Waals surface area (Å²) in [5.41, 5.74) is 0. The van der Waals surface area contributed by atoms with E-state index in [0.29, 0.717) is 18.9 Å². The summed E-state index contributed by atoms with van der Waals surface area (Å²) in [4.78, 5) is 11.4.